The van der Waals surface area contributed by atoms with E-state index in [2.05, 4.69) is 5.32 Å². The predicted molar refractivity (Wildman–Crippen MR) is 94.9 cm³/mol. The van der Waals surface area contributed by atoms with E-state index in [1.807, 2.05) is 18.2 Å². The van der Waals surface area contributed by atoms with Crippen molar-refractivity contribution in [1.29, 1.82) is 0 Å². The number of carbonyl (C=O) groups is 1. The van der Waals surface area contributed by atoms with Crippen molar-refractivity contribution >= 4 is 18.3 Å². The van der Waals surface area contributed by atoms with Crippen molar-refractivity contribution in [3.8, 4) is 11.5 Å². The van der Waals surface area contributed by atoms with Crippen LogP contribution in [0.4, 0.5) is 4.39 Å². The third-order valence-corrected chi connectivity index (χ3v) is 3.59. The third-order valence-electron chi connectivity index (χ3n) is 3.59. The summed E-state index contributed by atoms with van der Waals surface area (Å²) in [5.74, 6) is -0.182. The molecule has 130 valence electrons. The largest absolute Gasteiger partial charge is 0.454 e. The molecule has 0 aliphatic rings. The van der Waals surface area contributed by atoms with Crippen molar-refractivity contribution in [2.75, 3.05) is 6.54 Å². The topological polar surface area (TPSA) is 64.4 Å². The van der Waals surface area contributed by atoms with Crippen LogP contribution in [0.3, 0.4) is 0 Å². The first-order valence-electron chi connectivity index (χ1n) is 7.54. The third kappa shape index (κ3) is 5.22. The molecular weight excluding hydrogens is 331 g/mol. The van der Waals surface area contributed by atoms with Crippen LogP contribution in [0.5, 0.6) is 11.5 Å². The lowest BCUT2D eigenvalue weighted by Crippen LogP contribution is -2.34. The lowest BCUT2D eigenvalue weighted by atomic mass is 10.1. The van der Waals surface area contributed by atoms with Gasteiger partial charge >= 0.3 is 0 Å². The fourth-order valence-electron chi connectivity index (χ4n) is 2.03. The van der Waals surface area contributed by atoms with Crippen molar-refractivity contribution in [1.82, 2.24) is 5.32 Å². The summed E-state index contributed by atoms with van der Waals surface area (Å²) in [4.78, 5) is 11.8. The lowest BCUT2D eigenvalue weighted by molar-refractivity contribution is -0.124. The average molecular weight is 353 g/mol. The van der Waals surface area contributed by atoms with E-state index in [1.54, 1.807) is 38.1 Å². The molecule has 3 N–H and O–H groups in total. The molecule has 0 saturated carbocycles. The number of benzene rings is 2. The van der Waals surface area contributed by atoms with Gasteiger partial charge in [-0.1, -0.05) is 31.2 Å². The minimum absolute atomic E-state index is 0. The summed E-state index contributed by atoms with van der Waals surface area (Å²) >= 11 is 0. The highest BCUT2D eigenvalue weighted by Gasteiger charge is 2.16. The molecule has 0 aromatic heterocycles. The molecule has 6 heteroatoms. The smallest absolute Gasteiger partial charge is 0.224 e. The van der Waals surface area contributed by atoms with Crippen LogP contribution in [-0.2, 0) is 4.79 Å². The Morgan fingerprint density at radius 2 is 1.88 bits per heavy atom. The fraction of sp³-hybridized carbons (Fsp3) is 0.278. The number of para-hydroxylation sites is 1. The Labute approximate surface area is 147 Å². The first-order valence-corrected chi connectivity index (χ1v) is 7.54. The minimum Gasteiger partial charge on any atom is -0.454 e. The van der Waals surface area contributed by atoms with E-state index >= 15 is 0 Å². The zero-order valence-electron chi connectivity index (χ0n) is 13.7. The number of nitrogens with two attached hydrogens (primary N) is 1. The summed E-state index contributed by atoms with van der Waals surface area (Å²) in [6, 6.07) is 13.4. The monoisotopic (exact) mass is 352 g/mol. The number of amides is 1. The van der Waals surface area contributed by atoms with Crippen molar-refractivity contribution in [3.63, 3.8) is 0 Å². The zero-order valence-corrected chi connectivity index (χ0v) is 14.5. The highest BCUT2D eigenvalue weighted by atomic mass is 35.5. The maximum absolute atomic E-state index is 14.2. The molecule has 2 unspecified atom stereocenters. The van der Waals surface area contributed by atoms with Crippen LogP contribution in [0.1, 0.15) is 25.5 Å². The van der Waals surface area contributed by atoms with Crippen LogP contribution in [0.15, 0.2) is 48.5 Å². The summed E-state index contributed by atoms with van der Waals surface area (Å²) < 4.78 is 19.7. The highest BCUT2D eigenvalue weighted by Crippen LogP contribution is 2.26. The van der Waals surface area contributed by atoms with Crippen molar-refractivity contribution in [2.24, 2.45) is 11.7 Å². The normalized spacial score (nSPS) is 12.7. The molecule has 2 aromatic rings. The van der Waals surface area contributed by atoms with Gasteiger partial charge in [-0.15, -0.1) is 12.4 Å². The number of rotatable bonds is 6. The molecule has 0 aliphatic carbocycles. The van der Waals surface area contributed by atoms with Gasteiger partial charge in [-0.25, -0.2) is 4.39 Å². The summed E-state index contributed by atoms with van der Waals surface area (Å²) in [5.41, 5.74) is 6.13. The van der Waals surface area contributed by atoms with Crippen LogP contribution < -0.4 is 15.8 Å². The van der Waals surface area contributed by atoms with E-state index in [9.17, 15) is 9.18 Å². The van der Waals surface area contributed by atoms with E-state index < -0.39 is 5.82 Å². The number of nitrogens with one attached hydrogen (secondary N) is 1. The van der Waals surface area contributed by atoms with E-state index in [0.717, 1.165) is 0 Å². The van der Waals surface area contributed by atoms with Crippen LogP contribution >= 0.6 is 12.4 Å². The maximum Gasteiger partial charge on any atom is 0.224 e. The average Bonchev–Trinajstić information content (AvgIpc) is 2.56. The summed E-state index contributed by atoms with van der Waals surface area (Å²) in [7, 11) is 0. The molecule has 0 spiro atoms. The van der Waals surface area contributed by atoms with Crippen LogP contribution in [0, 0.1) is 11.7 Å². The van der Waals surface area contributed by atoms with Gasteiger partial charge in [0.2, 0.25) is 5.91 Å². The zero-order chi connectivity index (χ0) is 16.8. The Hall–Kier alpha value is -2.11. The number of ether oxygens (including phenoxy) is 1. The fourth-order valence-corrected chi connectivity index (χ4v) is 2.03. The maximum atomic E-state index is 14.2. The Morgan fingerprint density at radius 1 is 1.21 bits per heavy atom. The first kappa shape index (κ1) is 19.9. The molecule has 2 atom stereocenters. The van der Waals surface area contributed by atoms with Gasteiger partial charge in [0.1, 0.15) is 5.75 Å². The molecular formula is C18H22ClFN2O2. The van der Waals surface area contributed by atoms with Gasteiger partial charge in [0.15, 0.2) is 11.6 Å². The van der Waals surface area contributed by atoms with Gasteiger partial charge in [-0.2, -0.15) is 0 Å². The van der Waals surface area contributed by atoms with Gasteiger partial charge in [-0.3, -0.25) is 4.79 Å². The Balaban J connectivity index is 0.00000288. The van der Waals surface area contributed by atoms with Crippen LogP contribution in [0.2, 0.25) is 0 Å². The second-order valence-electron chi connectivity index (χ2n) is 5.47. The van der Waals surface area contributed by atoms with E-state index in [-0.39, 0.29) is 42.6 Å². The van der Waals surface area contributed by atoms with Gasteiger partial charge in [0, 0.05) is 12.5 Å². The Bertz CT molecular complexity index is 667. The Kier molecular flexibility index (Phi) is 7.68. The van der Waals surface area contributed by atoms with E-state index in [1.165, 1.54) is 6.07 Å². The van der Waals surface area contributed by atoms with Crippen molar-refractivity contribution in [3.05, 3.63) is 59.9 Å². The summed E-state index contributed by atoms with van der Waals surface area (Å²) in [5, 5.41) is 2.82. The molecule has 4 nitrogen and oxygen atoms in total. The van der Waals surface area contributed by atoms with Gasteiger partial charge in [0.05, 0.1) is 6.04 Å². The van der Waals surface area contributed by atoms with Crippen molar-refractivity contribution < 1.29 is 13.9 Å². The lowest BCUT2D eigenvalue weighted by Gasteiger charge is -2.17. The number of hydrogen-bond acceptors (Lipinski definition) is 3. The second kappa shape index (κ2) is 9.25. The molecule has 0 aliphatic heterocycles. The second-order valence-corrected chi connectivity index (χ2v) is 5.47. The molecule has 0 heterocycles. The first-order chi connectivity index (χ1) is 11.0. The SMILES string of the molecule is CC(CN)C(=O)NC(C)c1ccc(Oc2ccccc2)c(F)c1.Cl. The van der Waals surface area contributed by atoms with Crippen LogP contribution in [0.25, 0.3) is 0 Å². The molecule has 1 amide bonds. The molecule has 0 saturated heterocycles. The molecule has 0 fully saturated rings. The molecule has 0 bridgehead atoms. The number of halogens is 2. The molecule has 0 radical (unpaired) electrons. The van der Waals surface area contributed by atoms with Crippen molar-refractivity contribution in [2.45, 2.75) is 19.9 Å². The minimum atomic E-state index is -0.473. The number of carbonyl (C=O) groups excluding carboxylic acids is 1. The molecule has 2 aromatic carbocycles. The highest BCUT2D eigenvalue weighted by molar-refractivity contribution is 5.85. The van der Waals surface area contributed by atoms with Gasteiger partial charge in [-0.05, 0) is 36.8 Å². The number of hydrogen-bond donors (Lipinski definition) is 2. The molecule has 2 rings (SSSR count). The van der Waals surface area contributed by atoms with E-state index in [0.29, 0.717) is 11.3 Å². The summed E-state index contributed by atoms with van der Waals surface area (Å²) in [6.07, 6.45) is 0. The standard InChI is InChI=1S/C18H21FN2O2.ClH/c1-12(11-20)18(22)21-13(2)14-8-9-17(16(19)10-14)23-15-6-4-3-5-7-15;/h3-10,12-13H,11,20H2,1-2H3,(H,21,22);1H. The van der Waals surface area contributed by atoms with Crippen LogP contribution in [-0.4, -0.2) is 12.5 Å². The predicted octanol–water partition coefficient (Wildman–Crippen LogP) is 3.81. The van der Waals surface area contributed by atoms with E-state index in [4.69, 9.17) is 10.5 Å². The Morgan fingerprint density at radius 3 is 2.46 bits per heavy atom. The quantitative estimate of drug-likeness (QED) is 0.830. The summed E-state index contributed by atoms with van der Waals surface area (Å²) in [6.45, 7) is 3.82. The van der Waals surface area contributed by atoms with Gasteiger partial charge < -0.3 is 15.8 Å². The van der Waals surface area contributed by atoms with Gasteiger partial charge in [0.25, 0.3) is 0 Å². The molecule has 24 heavy (non-hydrogen) atoms.